The van der Waals surface area contributed by atoms with Gasteiger partial charge in [0.05, 0.1) is 11.6 Å². The van der Waals surface area contributed by atoms with Crippen LogP contribution in [0, 0.1) is 11.3 Å². The molecule has 0 N–H and O–H groups in total. The summed E-state index contributed by atoms with van der Waals surface area (Å²) in [5.41, 5.74) is 0.553. The summed E-state index contributed by atoms with van der Waals surface area (Å²) >= 11 is 0. The van der Waals surface area contributed by atoms with Crippen LogP contribution in [0.25, 0.3) is 0 Å². The molecule has 0 fully saturated rings. The van der Waals surface area contributed by atoms with E-state index in [0.717, 1.165) is 0 Å². The molecule has 0 saturated carbocycles. The Hall–Kier alpha value is -1.14. The molecule has 84 valence electrons. The zero-order valence-electron chi connectivity index (χ0n) is 10.1. The predicted octanol–water partition coefficient (Wildman–Crippen LogP) is 3.35. The first kappa shape index (κ1) is 16.3. The van der Waals surface area contributed by atoms with Crippen LogP contribution in [0.15, 0.2) is 29.2 Å². The molecule has 1 aromatic rings. The topological polar surface area (TPSA) is 40.9 Å². The summed E-state index contributed by atoms with van der Waals surface area (Å²) in [7, 11) is -0.992. The lowest BCUT2D eigenvalue weighted by Crippen LogP contribution is -1.86. The molecule has 0 aromatic heterocycles. The van der Waals surface area contributed by atoms with Gasteiger partial charge < -0.3 is 0 Å². The summed E-state index contributed by atoms with van der Waals surface area (Å²) in [6, 6.07) is 8.79. The fraction of sp³-hybridized carbons (Fsp3) is 0.417. The quantitative estimate of drug-likeness (QED) is 0.735. The molecule has 1 aromatic carbocycles. The van der Waals surface area contributed by atoms with Crippen LogP contribution in [0.2, 0.25) is 0 Å². The molecule has 0 saturated heterocycles. The van der Waals surface area contributed by atoms with Gasteiger partial charge in [0.15, 0.2) is 0 Å². The van der Waals surface area contributed by atoms with Crippen molar-refractivity contribution in [3.8, 4) is 6.07 Å². The lowest BCUT2D eigenvalue weighted by atomic mass is 10.2. The minimum absolute atomic E-state index is 0.553. The van der Waals surface area contributed by atoms with Gasteiger partial charge in [-0.3, -0.25) is 4.21 Å². The molecule has 0 aliphatic heterocycles. The number of benzene rings is 1. The maximum atomic E-state index is 10.9. The number of rotatable bonds is 1. The second kappa shape index (κ2) is 10.9. The van der Waals surface area contributed by atoms with E-state index in [9.17, 15) is 4.21 Å². The first-order chi connectivity index (χ1) is 7.24. The van der Waals surface area contributed by atoms with Crippen molar-refractivity contribution in [2.75, 3.05) is 6.26 Å². The zero-order valence-corrected chi connectivity index (χ0v) is 10.9. The van der Waals surface area contributed by atoms with E-state index in [2.05, 4.69) is 0 Å². The average molecular weight is 225 g/mol. The highest BCUT2D eigenvalue weighted by atomic mass is 32.2. The van der Waals surface area contributed by atoms with Gasteiger partial charge in [0.2, 0.25) is 0 Å². The number of nitriles is 1. The Morgan fingerprint density at radius 1 is 1.20 bits per heavy atom. The summed E-state index contributed by atoms with van der Waals surface area (Å²) < 4.78 is 10.9. The van der Waals surface area contributed by atoms with Crippen molar-refractivity contribution < 1.29 is 4.21 Å². The molecule has 2 nitrogen and oxygen atoms in total. The summed E-state index contributed by atoms with van der Waals surface area (Å²) in [5, 5.41) is 8.49. The van der Waals surface area contributed by atoms with Crippen LogP contribution in [0.1, 0.15) is 33.3 Å². The Morgan fingerprint density at radius 2 is 1.73 bits per heavy atom. The first-order valence-corrected chi connectivity index (χ1v) is 6.63. The molecule has 0 amide bonds. The molecule has 15 heavy (non-hydrogen) atoms. The molecule has 1 rings (SSSR count). The SMILES string of the molecule is CC.CC.CS(=O)c1cccc(C#N)c1. The molecule has 1 unspecified atom stereocenters. The Balaban J connectivity index is 0. The van der Waals surface area contributed by atoms with Gasteiger partial charge in [-0.25, -0.2) is 0 Å². The molecule has 0 bridgehead atoms. The Morgan fingerprint density at radius 3 is 2.13 bits per heavy atom. The third-order valence-corrected chi connectivity index (χ3v) is 2.21. The van der Waals surface area contributed by atoms with Crippen LogP contribution >= 0.6 is 0 Å². The van der Waals surface area contributed by atoms with Gasteiger partial charge in [-0.2, -0.15) is 5.26 Å². The summed E-state index contributed by atoms with van der Waals surface area (Å²) in [6.07, 6.45) is 1.59. The van der Waals surface area contributed by atoms with E-state index in [1.54, 1.807) is 30.5 Å². The van der Waals surface area contributed by atoms with Gasteiger partial charge in [0.25, 0.3) is 0 Å². The molecule has 0 aliphatic carbocycles. The van der Waals surface area contributed by atoms with Crippen molar-refractivity contribution in [1.82, 2.24) is 0 Å². The van der Waals surface area contributed by atoms with Crippen LogP contribution in [0.4, 0.5) is 0 Å². The first-order valence-electron chi connectivity index (χ1n) is 5.07. The monoisotopic (exact) mass is 225 g/mol. The van der Waals surface area contributed by atoms with Gasteiger partial charge in [-0.15, -0.1) is 0 Å². The molecule has 0 radical (unpaired) electrons. The number of hydrogen-bond acceptors (Lipinski definition) is 2. The van der Waals surface area contributed by atoms with E-state index in [1.807, 2.05) is 33.8 Å². The minimum atomic E-state index is -0.992. The fourth-order valence-corrected chi connectivity index (χ4v) is 1.31. The maximum absolute atomic E-state index is 10.9. The molecule has 0 heterocycles. The van der Waals surface area contributed by atoms with Crippen LogP contribution < -0.4 is 0 Å². The summed E-state index contributed by atoms with van der Waals surface area (Å²) in [6.45, 7) is 8.00. The highest BCUT2D eigenvalue weighted by Gasteiger charge is 1.96. The van der Waals surface area contributed by atoms with E-state index in [0.29, 0.717) is 10.5 Å². The maximum Gasteiger partial charge on any atom is 0.0992 e. The average Bonchev–Trinajstić information content (AvgIpc) is 2.34. The lowest BCUT2D eigenvalue weighted by molar-refractivity contribution is 0.687. The third-order valence-electron chi connectivity index (χ3n) is 1.30. The van der Waals surface area contributed by atoms with E-state index in [-0.39, 0.29) is 0 Å². The highest BCUT2D eigenvalue weighted by Crippen LogP contribution is 2.06. The van der Waals surface area contributed by atoms with E-state index in [1.165, 1.54) is 0 Å². The second-order valence-corrected chi connectivity index (χ2v) is 3.47. The molecule has 0 aliphatic rings. The van der Waals surface area contributed by atoms with Crippen LogP contribution in [0.3, 0.4) is 0 Å². The Kier molecular flexibility index (Phi) is 11.9. The van der Waals surface area contributed by atoms with Gasteiger partial charge in [-0.05, 0) is 18.2 Å². The lowest BCUT2D eigenvalue weighted by Gasteiger charge is -1.94. The van der Waals surface area contributed by atoms with Crippen LogP contribution in [-0.4, -0.2) is 10.5 Å². The normalized spacial score (nSPS) is 9.60. The predicted molar refractivity (Wildman–Crippen MR) is 66.2 cm³/mol. The van der Waals surface area contributed by atoms with Gasteiger partial charge in [-0.1, -0.05) is 33.8 Å². The zero-order chi connectivity index (χ0) is 12.3. The van der Waals surface area contributed by atoms with Crippen LogP contribution in [-0.2, 0) is 10.8 Å². The van der Waals surface area contributed by atoms with Crippen molar-refractivity contribution in [3.63, 3.8) is 0 Å². The van der Waals surface area contributed by atoms with Gasteiger partial charge in [0, 0.05) is 22.0 Å². The molecule has 3 heteroatoms. The van der Waals surface area contributed by atoms with E-state index < -0.39 is 10.8 Å². The van der Waals surface area contributed by atoms with Crippen molar-refractivity contribution in [2.24, 2.45) is 0 Å². The van der Waals surface area contributed by atoms with Crippen molar-refractivity contribution in [1.29, 1.82) is 5.26 Å². The van der Waals surface area contributed by atoms with Gasteiger partial charge >= 0.3 is 0 Å². The third kappa shape index (κ3) is 6.87. The fourth-order valence-electron chi connectivity index (χ4n) is 0.744. The molecular formula is C12H19NOS. The molecular weight excluding hydrogens is 206 g/mol. The largest absolute Gasteiger partial charge is 0.255 e. The van der Waals surface area contributed by atoms with Crippen molar-refractivity contribution in [2.45, 2.75) is 32.6 Å². The summed E-state index contributed by atoms with van der Waals surface area (Å²) in [4.78, 5) is 0.698. The molecule has 1 atom stereocenters. The number of nitrogens with zero attached hydrogens (tertiary/aromatic N) is 1. The van der Waals surface area contributed by atoms with Crippen LogP contribution in [0.5, 0.6) is 0 Å². The van der Waals surface area contributed by atoms with E-state index in [4.69, 9.17) is 5.26 Å². The van der Waals surface area contributed by atoms with Crippen molar-refractivity contribution >= 4 is 10.8 Å². The van der Waals surface area contributed by atoms with Crippen molar-refractivity contribution in [3.05, 3.63) is 29.8 Å². The highest BCUT2D eigenvalue weighted by molar-refractivity contribution is 7.84. The minimum Gasteiger partial charge on any atom is -0.255 e. The second-order valence-electron chi connectivity index (χ2n) is 2.09. The Bertz CT molecular complexity index is 329. The molecule has 0 spiro atoms. The Labute approximate surface area is 95.4 Å². The number of hydrogen-bond donors (Lipinski definition) is 0. The standard InChI is InChI=1S/C8H7NOS.2C2H6/c1-11(10)8-4-2-3-7(5-8)6-9;2*1-2/h2-5H,1H3;2*1-2H3. The smallest absolute Gasteiger partial charge is 0.0992 e. The van der Waals surface area contributed by atoms with E-state index >= 15 is 0 Å². The van der Waals surface area contributed by atoms with Gasteiger partial charge in [0.1, 0.15) is 0 Å². The summed E-state index contributed by atoms with van der Waals surface area (Å²) in [5.74, 6) is 0.